The van der Waals surface area contributed by atoms with Gasteiger partial charge in [0.2, 0.25) is 0 Å². The molecule has 2 rings (SSSR count). The lowest BCUT2D eigenvalue weighted by Crippen LogP contribution is -2.20. The highest BCUT2D eigenvalue weighted by molar-refractivity contribution is 5.91. The quantitative estimate of drug-likeness (QED) is 0.813. The molecule has 0 spiro atoms. The molecule has 0 saturated heterocycles. The van der Waals surface area contributed by atoms with Gasteiger partial charge in [-0.05, 0) is 31.0 Å². The smallest absolute Gasteiger partial charge is 0.338 e. The van der Waals surface area contributed by atoms with Crippen LogP contribution in [0.5, 0.6) is 0 Å². The molecule has 3 nitrogen and oxygen atoms in total. The first-order valence-electron chi connectivity index (χ1n) is 7.25. The average Bonchev–Trinajstić information content (AvgIpc) is 2.54. The van der Waals surface area contributed by atoms with Gasteiger partial charge in [0.1, 0.15) is 0 Å². The number of ether oxygens (including phenoxy) is 1. The maximum absolute atomic E-state index is 11.9. The van der Waals surface area contributed by atoms with Gasteiger partial charge in [-0.15, -0.1) is 12.4 Å². The predicted octanol–water partition coefficient (Wildman–Crippen LogP) is 4.14. The molecule has 1 atom stereocenters. The molecule has 0 aliphatic heterocycles. The van der Waals surface area contributed by atoms with Crippen molar-refractivity contribution < 1.29 is 9.53 Å². The van der Waals surface area contributed by atoms with Gasteiger partial charge in [-0.2, -0.15) is 0 Å². The number of hydrogen-bond acceptors (Lipinski definition) is 3. The molecule has 0 amide bonds. The summed E-state index contributed by atoms with van der Waals surface area (Å²) in [4.78, 5) is 11.9. The van der Waals surface area contributed by atoms with Gasteiger partial charge in [0, 0.05) is 12.6 Å². The van der Waals surface area contributed by atoms with Crippen LogP contribution in [0.3, 0.4) is 0 Å². The number of carbonyl (C=O) groups is 1. The summed E-state index contributed by atoms with van der Waals surface area (Å²) >= 11 is 0. The Hall–Kier alpha value is -1.84. The van der Waals surface area contributed by atoms with Crippen LogP contribution in [0.2, 0.25) is 0 Å². The molecule has 22 heavy (non-hydrogen) atoms. The lowest BCUT2D eigenvalue weighted by atomic mass is 10.1. The van der Waals surface area contributed by atoms with Crippen molar-refractivity contribution >= 4 is 18.4 Å². The molecule has 0 fully saturated rings. The topological polar surface area (TPSA) is 38.3 Å². The van der Waals surface area contributed by atoms with Gasteiger partial charge in [-0.3, -0.25) is 0 Å². The molecule has 2 aromatic carbocycles. The first-order valence-corrected chi connectivity index (χ1v) is 7.25. The van der Waals surface area contributed by atoms with Gasteiger partial charge < -0.3 is 10.1 Å². The van der Waals surface area contributed by atoms with E-state index in [1.54, 1.807) is 0 Å². The molecular formula is C18H22ClNO2. The van der Waals surface area contributed by atoms with E-state index in [-0.39, 0.29) is 24.4 Å². The number of hydrogen-bond donors (Lipinski definition) is 1. The molecule has 1 unspecified atom stereocenters. The zero-order valence-corrected chi connectivity index (χ0v) is 13.7. The molecule has 0 aliphatic carbocycles. The Morgan fingerprint density at radius 2 is 1.73 bits per heavy atom. The summed E-state index contributed by atoms with van der Waals surface area (Å²) in [7, 11) is 0. The highest BCUT2D eigenvalue weighted by atomic mass is 35.5. The summed E-state index contributed by atoms with van der Waals surface area (Å²) in [5.74, 6) is -0.262. The highest BCUT2D eigenvalue weighted by Crippen LogP contribution is 2.15. The molecular weight excluding hydrogens is 298 g/mol. The molecule has 4 heteroatoms. The van der Waals surface area contributed by atoms with Crippen LogP contribution in [0.1, 0.15) is 41.4 Å². The Morgan fingerprint density at radius 1 is 1.09 bits per heavy atom. The molecule has 1 N–H and O–H groups in total. The number of halogens is 1. The Bertz CT molecular complexity index is 587. The van der Waals surface area contributed by atoms with E-state index in [1.165, 1.54) is 5.56 Å². The molecule has 0 aliphatic rings. The van der Waals surface area contributed by atoms with Crippen LogP contribution in [0.4, 0.5) is 0 Å². The minimum atomic E-state index is -0.262. The van der Waals surface area contributed by atoms with E-state index in [0.717, 1.165) is 5.56 Å². The van der Waals surface area contributed by atoms with Crippen molar-refractivity contribution in [1.82, 2.24) is 5.32 Å². The van der Waals surface area contributed by atoms with Gasteiger partial charge in [0.05, 0.1) is 12.2 Å². The first-order chi connectivity index (χ1) is 10.2. The fourth-order valence-electron chi connectivity index (χ4n) is 2.21. The fourth-order valence-corrected chi connectivity index (χ4v) is 2.21. The van der Waals surface area contributed by atoms with Crippen molar-refractivity contribution in [3.63, 3.8) is 0 Å². The third-order valence-corrected chi connectivity index (χ3v) is 3.41. The molecule has 0 saturated carbocycles. The Labute approximate surface area is 138 Å². The van der Waals surface area contributed by atoms with Gasteiger partial charge in [0.15, 0.2) is 0 Å². The second-order valence-electron chi connectivity index (χ2n) is 4.89. The van der Waals surface area contributed by atoms with Gasteiger partial charge >= 0.3 is 5.97 Å². The molecule has 0 radical (unpaired) electrons. The fraction of sp³-hybridized carbons (Fsp3) is 0.278. The van der Waals surface area contributed by atoms with Crippen molar-refractivity contribution in [1.29, 1.82) is 0 Å². The van der Waals surface area contributed by atoms with Gasteiger partial charge in [-0.25, -0.2) is 4.79 Å². The number of carbonyl (C=O) groups excluding carboxylic acids is 1. The molecule has 0 heterocycles. The Kier molecular flexibility index (Phi) is 7.64. The summed E-state index contributed by atoms with van der Waals surface area (Å²) in [6.45, 7) is 4.95. The van der Waals surface area contributed by atoms with E-state index in [0.29, 0.717) is 18.7 Å². The van der Waals surface area contributed by atoms with Crippen molar-refractivity contribution in [3.8, 4) is 0 Å². The summed E-state index contributed by atoms with van der Waals surface area (Å²) in [5, 5.41) is 3.44. The van der Waals surface area contributed by atoms with E-state index in [1.807, 2.05) is 49.4 Å². The summed E-state index contributed by atoms with van der Waals surface area (Å²) < 4.78 is 5.09. The number of rotatable bonds is 6. The highest BCUT2D eigenvalue weighted by Gasteiger charge is 2.12. The van der Waals surface area contributed by atoms with E-state index < -0.39 is 0 Å². The van der Waals surface area contributed by atoms with E-state index in [9.17, 15) is 4.79 Å². The normalized spacial score (nSPS) is 11.4. The van der Waals surface area contributed by atoms with E-state index in [4.69, 9.17) is 4.74 Å². The maximum Gasteiger partial charge on any atom is 0.338 e. The third kappa shape index (κ3) is 4.86. The molecule has 0 bridgehead atoms. The van der Waals surface area contributed by atoms with Crippen molar-refractivity contribution in [2.45, 2.75) is 26.4 Å². The molecule has 0 aromatic heterocycles. The third-order valence-electron chi connectivity index (χ3n) is 3.41. The van der Waals surface area contributed by atoms with Gasteiger partial charge in [-0.1, -0.05) is 48.5 Å². The second kappa shape index (κ2) is 9.23. The van der Waals surface area contributed by atoms with Crippen LogP contribution < -0.4 is 5.32 Å². The largest absolute Gasteiger partial charge is 0.462 e. The number of nitrogens with one attached hydrogen (secondary N) is 1. The zero-order valence-electron chi connectivity index (χ0n) is 12.9. The molecule has 118 valence electrons. The minimum Gasteiger partial charge on any atom is -0.462 e. The van der Waals surface area contributed by atoms with Crippen molar-refractivity contribution in [2.24, 2.45) is 0 Å². The number of esters is 1. The Morgan fingerprint density at radius 3 is 2.41 bits per heavy atom. The summed E-state index contributed by atoms with van der Waals surface area (Å²) in [6, 6.07) is 18.0. The van der Waals surface area contributed by atoms with Crippen molar-refractivity contribution in [3.05, 3.63) is 71.3 Å². The van der Waals surface area contributed by atoms with Crippen LogP contribution >= 0.6 is 12.4 Å². The lowest BCUT2D eigenvalue weighted by molar-refractivity contribution is 0.0525. The van der Waals surface area contributed by atoms with Crippen LogP contribution in [0.25, 0.3) is 0 Å². The Balaban J connectivity index is 0.00000242. The van der Waals surface area contributed by atoms with Crippen LogP contribution in [-0.4, -0.2) is 12.6 Å². The standard InChI is InChI=1S/C18H21NO2.ClH/c1-3-21-18(20)17-12-8-7-11-16(17)13-19-14(2)15-9-5-4-6-10-15;/h4-12,14,19H,3,13H2,1-2H3;1H. The SMILES string of the molecule is CCOC(=O)c1ccccc1CNC(C)c1ccccc1.Cl. The lowest BCUT2D eigenvalue weighted by Gasteiger charge is -2.15. The monoisotopic (exact) mass is 319 g/mol. The van der Waals surface area contributed by atoms with Crippen LogP contribution in [0.15, 0.2) is 54.6 Å². The maximum atomic E-state index is 11.9. The van der Waals surface area contributed by atoms with E-state index >= 15 is 0 Å². The summed E-state index contributed by atoms with van der Waals surface area (Å²) in [5.41, 5.74) is 2.82. The van der Waals surface area contributed by atoms with Crippen molar-refractivity contribution in [2.75, 3.05) is 6.61 Å². The molecule has 2 aromatic rings. The van der Waals surface area contributed by atoms with Gasteiger partial charge in [0.25, 0.3) is 0 Å². The zero-order chi connectivity index (χ0) is 15.1. The number of benzene rings is 2. The van der Waals surface area contributed by atoms with E-state index in [2.05, 4.69) is 24.4 Å². The summed E-state index contributed by atoms with van der Waals surface area (Å²) in [6.07, 6.45) is 0. The van der Waals surface area contributed by atoms with Crippen LogP contribution in [0, 0.1) is 0 Å². The predicted molar refractivity (Wildman–Crippen MR) is 91.3 cm³/mol. The van der Waals surface area contributed by atoms with Crippen LogP contribution in [-0.2, 0) is 11.3 Å². The minimum absolute atomic E-state index is 0. The second-order valence-corrected chi connectivity index (χ2v) is 4.89. The average molecular weight is 320 g/mol. The first kappa shape index (κ1) is 18.2.